The SMILES string of the molecule is CCOc1ccc(CN2C(=O)c3ccc(-c4ccco4)n3C[C@@]2(C)C(=O)NC2CCCC2)cc1. The fraction of sp³-hybridized carbons (Fsp3) is 0.407. The standard InChI is InChI=1S/C27H31N3O4/c1-3-33-21-12-10-19(11-13-21)17-30-25(31)23-15-14-22(24-9-6-16-34-24)29(23)18-27(30,2)26(32)28-20-7-4-5-8-20/h6,9-16,20H,3-5,7-8,17-18H2,1-2H3,(H,28,32)/t27-/m0/s1. The third kappa shape index (κ3) is 4.00. The monoisotopic (exact) mass is 461 g/mol. The van der Waals surface area contributed by atoms with Crippen molar-refractivity contribution in [3.05, 3.63) is 66.1 Å². The minimum Gasteiger partial charge on any atom is -0.494 e. The normalized spacial score (nSPS) is 20.4. The molecule has 34 heavy (non-hydrogen) atoms. The molecular formula is C27H31N3O4. The van der Waals surface area contributed by atoms with Crippen LogP contribution in [0.4, 0.5) is 0 Å². The first-order chi connectivity index (χ1) is 16.5. The molecule has 0 radical (unpaired) electrons. The second kappa shape index (κ2) is 9.05. The molecule has 1 aliphatic carbocycles. The number of hydrogen-bond acceptors (Lipinski definition) is 4. The molecule has 2 amide bonds. The van der Waals surface area contributed by atoms with Crippen molar-refractivity contribution < 1.29 is 18.7 Å². The molecule has 7 heteroatoms. The molecule has 0 unspecified atom stereocenters. The van der Waals surface area contributed by atoms with Crippen LogP contribution in [0.2, 0.25) is 0 Å². The number of nitrogens with zero attached hydrogens (tertiary/aromatic N) is 2. The molecule has 1 atom stereocenters. The van der Waals surface area contributed by atoms with E-state index < -0.39 is 5.54 Å². The van der Waals surface area contributed by atoms with Crippen molar-refractivity contribution in [3.63, 3.8) is 0 Å². The molecule has 5 rings (SSSR count). The topological polar surface area (TPSA) is 76.7 Å². The van der Waals surface area contributed by atoms with Gasteiger partial charge >= 0.3 is 0 Å². The lowest BCUT2D eigenvalue weighted by atomic mass is 9.93. The van der Waals surface area contributed by atoms with Gasteiger partial charge in [0.25, 0.3) is 5.91 Å². The van der Waals surface area contributed by atoms with E-state index in [0.717, 1.165) is 42.7 Å². The number of ether oxygens (including phenoxy) is 1. The number of amides is 2. The highest BCUT2D eigenvalue weighted by Gasteiger charge is 2.48. The minimum absolute atomic E-state index is 0.108. The summed E-state index contributed by atoms with van der Waals surface area (Å²) in [6, 6.07) is 15.3. The van der Waals surface area contributed by atoms with Gasteiger partial charge in [-0.05, 0) is 68.7 Å². The molecule has 0 bridgehead atoms. The number of carbonyl (C=O) groups excluding carboxylic acids is 2. The summed E-state index contributed by atoms with van der Waals surface area (Å²) in [5.74, 6) is 1.19. The van der Waals surface area contributed by atoms with Gasteiger partial charge in [-0.2, -0.15) is 0 Å². The predicted octanol–water partition coefficient (Wildman–Crippen LogP) is 4.62. The molecule has 2 aromatic heterocycles. The van der Waals surface area contributed by atoms with Crippen molar-refractivity contribution in [2.45, 2.75) is 64.2 Å². The zero-order valence-corrected chi connectivity index (χ0v) is 19.8. The van der Waals surface area contributed by atoms with E-state index in [1.165, 1.54) is 0 Å². The number of nitrogens with one attached hydrogen (secondary N) is 1. The molecule has 1 aromatic carbocycles. The highest BCUT2D eigenvalue weighted by atomic mass is 16.5. The van der Waals surface area contributed by atoms with Crippen molar-refractivity contribution in [2.24, 2.45) is 0 Å². The van der Waals surface area contributed by atoms with E-state index in [1.54, 1.807) is 11.2 Å². The summed E-state index contributed by atoms with van der Waals surface area (Å²) in [5, 5.41) is 3.24. The Morgan fingerprint density at radius 2 is 1.85 bits per heavy atom. The van der Waals surface area contributed by atoms with Crippen molar-refractivity contribution >= 4 is 11.8 Å². The van der Waals surface area contributed by atoms with Crippen molar-refractivity contribution in [2.75, 3.05) is 6.61 Å². The molecule has 1 saturated carbocycles. The smallest absolute Gasteiger partial charge is 0.271 e. The Labute approximate surface area is 199 Å². The van der Waals surface area contributed by atoms with Crippen LogP contribution in [-0.4, -0.2) is 39.5 Å². The van der Waals surface area contributed by atoms with Crippen molar-refractivity contribution in [1.29, 1.82) is 0 Å². The van der Waals surface area contributed by atoms with E-state index in [9.17, 15) is 9.59 Å². The van der Waals surface area contributed by atoms with Crippen LogP contribution in [0, 0.1) is 0 Å². The maximum atomic E-state index is 13.8. The van der Waals surface area contributed by atoms with Crippen LogP contribution in [0.25, 0.3) is 11.5 Å². The average Bonchev–Trinajstić information content (AvgIpc) is 3.60. The van der Waals surface area contributed by atoms with Gasteiger partial charge in [-0.1, -0.05) is 25.0 Å². The Hall–Kier alpha value is -3.48. The second-order valence-electron chi connectivity index (χ2n) is 9.36. The lowest BCUT2D eigenvalue weighted by molar-refractivity contribution is -0.133. The van der Waals surface area contributed by atoms with Crippen LogP contribution in [0.1, 0.15) is 55.6 Å². The fourth-order valence-electron chi connectivity index (χ4n) is 5.11. The molecule has 7 nitrogen and oxygen atoms in total. The summed E-state index contributed by atoms with van der Waals surface area (Å²) in [4.78, 5) is 29.2. The number of benzene rings is 1. The Bertz CT molecular complexity index is 1160. The van der Waals surface area contributed by atoms with Crippen LogP contribution >= 0.6 is 0 Å². The number of hydrogen-bond donors (Lipinski definition) is 1. The number of carbonyl (C=O) groups is 2. The molecule has 3 heterocycles. The Balaban J connectivity index is 1.50. The zero-order chi connectivity index (χ0) is 23.7. The molecule has 1 aliphatic heterocycles. The van der Waals surface area contributed by atoms with Gasteiger partial charge in [0.2, 0.25) is 5.91 Å². The van der Waals surface area contributed by atoms with Crippen LogP contribution < -0.4 is 10.1 Å². The first-order valence-electron chi connectivity index (χ1n) is 12.1. The van der Waals surface area contributed by atoms with E-state index in [-0.39, 0.29) is 17.9 Å². The van der Waals surface area contributed by atoms with Crippen LogP contribution in [0.15, 0.2) is 59.2 Å². The maximum absolute atomic E-state index is 13.8. The molecule has 2 aliphatic rings. The first kappa shape index (κ1) is 22.3. The Morgan fingerprint density at radius 1 is 1.12 bits per heavy atom. The van der Waals surface area contributed by atoms with Gasteiger partial charge in [-0.15, -0.1) is 0 Å². The summed E-state index contributed by atoms with van der Waals surface area (Å²) >= 11 is 0. The number of rotatable bonds is 7. The van der Waals surface area contributed by atoms with Crippen LogP contribution in [0.5, 0.6) is 5.75 Å². The lowest BCUT2D eigenvalue weighted by Crippen LogP contribution is -2.64. The summed E-state index contributed by atoms with van der Waals surface area (Å²) in [5.41, 5.74) is 1.26. The minimum atomic E-state index is -1.05. The van der Waals surface area contributed by atoms with E-state index in [0.29, 0.717) is 31.2 Å². The summed E-state index contributed by atoms with van der Waals surface area (Å²) in [6.45, 7) is 5.10. The largest absolute Gasteiger partial charge is 0.494 e. The van der Waals surface area contributed by atoms with Gasteiger partial charge in [0.1, 0.15) is 22.7 Å². The third-order valence-corrected chi connectivity index (χ3v) is 7.03. The quantitative estimate of drug-likeness (QED) is 0.557. The highest BCUT2D eigenvalue weighted by molar-refractivity contribution is 6.00. The van der Waals surface area contributed by atoms with Gasteiger partial charge in [0, 0.05) is 12.6 Å². The highest BCUT2D eigenvalue weighted by Crippen LogP contribution is 2.35. The molecule has 1 fully saturated rings. The number of fused-ring (bicyclic) bond motifs is 1. The maximum Gasteiger partial charge on any atom is 0.271 e. The number of furan rings is 1. The van der Waals surface area contributed by atoms with E-state index in [2.05, 4.69) is 5.32 Å². The summed E-state index contributed by atoms with van der Waals surface area (Å²) in [7, 11) is 0. The van der Waals surface area contributed by atoms with Crippen LogP contribution in [-0.2, 0) is 17.9 Å². The molecule has 3 aromatic rings. The molecule has 1 N–H and O–H groups in total. The molecular weight excluding hydrogens is 430 g/mol. The first-order valence-corrected chi connectivity index (χ1v) is 12.1. The lowest BCUT2D eigenvalue weighted by Gasteiger charge is -2.44. The van der Waals surface area contributed by atoms with Gasteiger partial charge in [-0.3, -0.25) is 9.59 Å². The van der Waals surface area contributed by atoms with Crippen molar-refractivity contribution in [1.82, 2.24) is 14.8 Å². The summed E-state index contributed by atoms with van der Waals surface area (Å²) < 4.78 is 13.1. The molecule has 0 saturated heterocycles. The number of aromatic nitrogens is 1. The van der Waals surface area contributed by atoms with Gasteiger partial charge in [-0.25, -0.2) is 0 Å². The van der Waals surface area contributed by atoms with E-state index in [1.807, 2.05) is 66.9 Å². The van der Waals surface area contributed by atoms with Crippen LogP contribution in [0.3, 0.4) is 0 Å². The fourth-order valence-corrected chi connectivity index (χ4v) is 5.11. The van der Waals surface area contributed by atoms with Gasteiger partial charge < -0.3 is 23.9 Å². The Morgan fingerprint density at radius 3 is 2.53 bits per heavy atom. The second-order valence-corrected chi connectivity index (χ2v) is 9.36. The zero-order valence-electron chi connectivity index (χ0n) is 19.8. The molecule has 0 spiro atoms. The van der Waals surface area contributed by atoms with Crippen molar-refractivity contribution in [3.8, 4) is 17.2 Å². The van der Waals surface area contributed by atoms with E-state index >= 15 is 0 Å². The third-order valence-electron chi connectivity index (χ3n) is 7.03. The summed E-state index contributed by atoms with van der Waals surface area (Å²) in [6.07, 6.45) is 5.84. The predicted molar refractivity (Wildman–Crippen MR) is 128 cm³/mol. The van der Waals surface area contributed by atoms with E-state index in [4.69, 9.17) is 9.15 Å². The average molecular weight is 462 g/mol. The Kier molecular flexibility index (Phi) is 5.94. The van der Waals surface area contributed by atoms with Gasteiger partial charge in [0.05, 0.1) is 25.1 Å². The molecule has 178 valence electrons. The van der Waals surface area contributed by atoms with Gasteiger partial charge in [0.15, 0.2) is 0 Å².